The summed E-state index contributed by atoms with van der Waals surface area (Å²) in [6.07, 6.45) is 0. The summed E-state index contributed by atoms with van der Waals surface area (Å²) < 4.78 is 0. The van der Waals surface area contributed by atoms with Crippen LogP contribution in [0.5, 0.6) is 0 Å². The minimum absolute atomic E-state index is 0.0247. The SMILES string of the molecule is O=[N+]([O-])c1ccccc1-c1ccc(Cl)cc1Cl. The Kier molecular flexibility index (Phi) is 3.31. The molecule has 86 valence electrons. The van der Waals surface area contributed by atoms with Crippen LogP contribution >= 0.6 is 23.2 Å². The Labute approximate surface area is 108 Å². The van der Waals surface area contributed by atoms with Crippen LogP contribution in [0.4, 0.5) is 5.69 Å². The molecule has 0 fully saturated rings. The molecule has 0 aliphatic carbocycles. The number of hydrogen-bond donors (Lipinski definition) is 0. The summed E-state index contributed by atoms with van der Waals surface area (Å²) in [5.74, 6) is 0. The topological polar surface area (TPSA) is 43.1 Å². The molecule has 0 radical (unpaired) electrons. The van der Waals surface area contributed by atoms with Crippen LogP contribution in [0.15, 0.2) is 42.5 Å². The van der Waals surface area contributed by atoms with Gasteiger partial charge < -0.3 is 0 Å². The van der Waals surface area contributed by atoms with Gasteiger partial charge in [0.2, 0.25) is 0 Å². The molecule has 2 aromatic carbocycles. The Bertz CT molecular complexity index is 584. The lowest BCUT2D eigenvalue weighted by Crippen LogP contribution is -1.91. The van der Waals surface area contributed by atoms with Crippen LogP contribution in [0, 0.1) is 10.1 Å². The van der Waals surface area contributed by atoms with Crippen molar-refractivity contribution >= 4 is 28.9 Å². The van der Waals surface area contributed by atoms with Crippen LogP contribution in [-0.4, -0.2) is 4.92 Å². The molecule has 0 saturated carbocycles. The number of nitro groups is 1. The van der Waals surface area contributed by atoms with Gasteiger partial charge in [0.1, 0.15) is 0 Å². The number of hydrogen-bond acceptors (Lipinski definition) is 2. The smallest absolute Gasteiger partial charge is 0.258 e. The fraction of sp³-hybridized carbons (Fsp3) is 0. The van der Waals surface area contributed by atoms with Crippen molar-refractivity contribution in [1.29, 1.82) is 0 Å². The molecular formula is C12H7Cl2NO2. The Balaban J connectivity index is 2.64. The second-order valence-corrected chi connectivity index (χ2v) is 4.24. The van der Waals surface area contributed by atoms with Gasteiger partial charge in [-0.1, -0.05) is 41.4 Å². The lowest BCUT2D eigenvalue weighted by atomic mass is 10.0. The van der Waals surface area contributed by atoms with E-state index in [0.717, 1.165) is 0 Å². The predicted molar refractivity (Wildman–Crippen MR) is 68.6 cm³/mol. The third-order valence-electron chi connectivity index (χ3n) is 2.32. The summed E-state index contributed by atoms with van der Waals surface area (Å²) in [5, 5.41) is 11.8. The van der Waals surface area contributed by atoms with Crippen LogP contribution in [0.3, 0.4) is 0 Å². The molecule has 0 atom stereocenters. The van der Waals surface area contributed by atoms with Crippen molar-refractivity contribution in [3.8, 4) is 11.1 Å². The van der Waals surface area contributed by atoms with Crippen LogP contribution in [-0.2, 0) is 0 Å². The Morgan fingerprint density at radius 3 is 2.35 bits per heavy atom. The zero-order valence-electron chi connectivity index (χ0n) is 8.56. The zero-order chi connectivity index (χ0) is 12.4. The molecule has 2 rings (SSSR count). The number of para-hydroxylation sites is 1. The van der Waals surface area contributed by atoms with E-state index >= 15 is 0 Å². The summed E-state index contributed by atoms with van der Waals surface area (Å²) in [6.45, 7) is 0. The lowest BCUT2D eigenvalue weighted by molar-refractivity contribution is -0.384. The minimum atomic E-state index is -0.430. The van der Waals surface area contributed by atoms with E-state index in [2.05, 4.69) is 0 Å². The van der Waals surface area contributed by atoms with Gasteiger partial charge in [0.05, 0.1) is 15.5 Å². The summed E-state index contributed by atoms with van der Waals surface area (Å²) in [6, 6.07) is 11.3. The standard InChI is InChI=1S/C12H7Cl2NO2/c13-8-5-6-9(11(14)7-8)10-3-1-2-4-12(10)15(16)17/h1-7H. The molecule has 0 unspecified atom stereocenters. The van der Waals surface area contributed by atoms with E-state index < -0.39 is 4.92 Å². The highest BCUT2D eigenvalue weighted by Gasteiger charge is 2.16. The first-order valence-electron chi connectivity index (χ1n) is 4.78. The van der Waals surface area contributed by atoms with Gasteiger partial charge in [0, 0.05) is 16.7 Å². The molecule has 17 heavy (non-hydrogen) atoms. The molecule has 0 aliphatic heterocycles. The van der Waals surface area contributed by atoms with E-state index in [-0.39, 0.29) is 5.69 Å². The molecule has 0 spiro atoms. The summed E-state index contributed by atoms with van der Waals surface area (Å²) in [7, 11) is 0. The second-order valence-electron chi connectivity index (χ2n) is 3.40. The molecule has 2 aromatic rings. The highest BCUT2D eigenvalue weighted by molar-refractivity contribution is 6.36. The molecule has 0 heterocycles. The number of nitro benzene ring substituents is 1. The van der Waals surface area contributed by atoms with Crippen molar-refractivity contribution < 1.29 is 4.92 Å². The van der Waals surface area contributed by atoms with E-state index in [1.54, 1.807) is 36.4 Å². The van der Waals surface area contributed by atoms with Gasteiger partial charge in [-0.2, -0.15) is 0 Å². The first kappa shape index (κ1) is 11.9. The molecule has 0 N–H and O–H groups in total. The first-order chi connectivity index (χ1) is 8.09. The van der Waals surface area contributed by atoms with E-state index in [1.165, 1.54) is 6.07 Å². The third kappa shape index (κ3) is 2.40. The maximum atomic E-state index is 10.9. The van der Waals surface area contributed by atoms with Crippen LogP contribution in [0.1, 0.15) is 0 Å². The molecule has 0 aliphatic rings. The van der Waals surface area contributed by atoms with Crippen molar-refractivity contribution in [3.05, 3.63) is 62.6 Å². The molecule has 0 bridgehead atoms. The summed E-state index contributed by atoms with van der Waals surface area (Å²) >= 11 is 11.8. The summed E-state index contributed by atoms with van der Waals surface area (Å²) in [5.41, 5.74) is 1.11. The number of rotatable bonds is 2. The van der Waals surface area contributed by atoms with Crippen molar-refractivity contribution in [2.75, 3.05) is 0 Å². The average molecular weight is 268 g/mol. The van der Waals surface area contributed by atoms with Gasteiger partial charge in [-0.25, -0.2) is 0 Å². The van der Waals surface area contributed by atoms with Gasteiger partial charge >= 0.3 is 0 Å². The zero-order valence-corrected chi connectivity index (χ0v) is 10.1. The van der Waals surface area contributed by atoms with Crippen molar-refractivity contribution in [2.24, 2.45) is 0 Å². The molecule has 3 nitrogen and oxygen atoms in total. The average Bonchev–Trinajstić information content (AvgIpc) is 2.29. The van der Waals surface area contributed by atoms with Gasteiger partial charge in [-0.3, -0.25) is 10.1 Å². The lowest BCUT2D eigenvalue weighted by Gasteiger charge is -2.05. The maximum absolute atomic E-state index is 10.9. The van der Waals surface area contributed by atoms with Crippen LogP contribution in [0.25, 0.3) is 11.1 Å². The van der Waals surface area contributed by atoms with Gasteiger partial charge in [0.25, 0.3) is 5.69 Å². The van der Waals surface area contributed by atoms with Gasteiger partial charge in [-0.05, 0) is 18.2 Å². The van der Waals surface area contributed by atoms with Gasteiger partial charge in [-0.15, -0.1) is 0 Å². The van der Waals surface area contributed by atoms with E-state index in [0.29, 0.717) is 21.2 Å². The van der Waals surface area contributed by atoms with Crippen molar-refractivity contribution in [1.82, 2.24) is 0 Å². The van der Waals surface area contributed by atoms with E-state index in [9.17, 15) is 10.1 Å². The van der Waals surface area contributed by atoms with Crippen molar-refractivity contribution in [3.63, 3.8) is 0 Å². The fourth-order valence-electron chi connectivity index (χ4n) is 1.57. The minimum Gasteiger partial charge on any atom is -0.258 e. The monoisotopic (exact) mass is 267 g/mol. The Morgan fingerprint density at radius 2 is 1.71 bits per heavy atom. The fourth-order valence-corrected chi connectivity index (χ4v) is 2.08. The normalized spacial score (nSPS) is 10.2. The van der Waals surface area contributed by atoms with Gasteiger partial charge in [0.15, 0.2) is 0 Å². The number of halogens is 2. The van der Waals surface area contributed by atoms with E-state index in [4.69, 9.17) is 23.2 Å². The van der Waals surface area contributed by atoms with Crippen LogP contribution < -0.4 is 0 Å². The molecule has 5 heteroatoms. The number of benzene rings is 2. The second kappa shape index (κ2) is 4.73. The predicted octanol–water partition coefficient (Wildman–Crippen LogP) is 4.57. The Morgan fingerprint density at radius 1 is 1.00 bits per heavy atom. The van der Waals surface area contributed by atoms with Crippen LogP contribution in [0.2, 0.25) is 10.0 Å². The molecular weight excluding hydrogens is 261 g/mol. The highest BCUT2D eigenvalue weighted by Crippen LogP contribution is 2.35. The largest absolute Gasteiger partial charge is 0.277 e. The first-order valence-corrected chi connectivity index (χ1v) is 5.54. The maximum Gasteiger partial charge on any atom is 0.277 e. The molecule has 0 amide bonds. The quantitative estimate of drug-likeness (QED) is 0.591. The number of nitrogens with zero attached hydrogens (tertiary/aromatic N) is 1. The summed E-state index contributed by atoms with van der Waals surface area (Å²) in [4.78, 5) is 10.5. The van der Waals surface area contributed by atoms with E-state index in [1.807, 2.05) is 0 Å². The molecule has 0 aromatic heterocycles. The third-order valence-corrected chi connectivity index (χ3v) is 2.87. The molecule has 0 saturated heterocycles. The highest BCUT2D eigenvalue weighted by atomic mass is 35.5. The Hall–Kier alpha value is -1.58. The van der Waals surface area contributed by atoms with Crippen molar-refractivity contribution in [2.45, 2.75) is 0 Å².